The van der Waals surface area contributed by atoms with Gasteiger partial charge in [-0.05, 0) is 59.1 Å². The van der Waals surface area contributed by atoms with Crippen LogP contribution in [-0.4, -0.2) is 50.5 Å². The van der Waals surface area contributed by atoms with Gasteiger partial charge in [-0.1, -0.05) is 31.2 Å². The molecular weight excluding hydrogens is 501 g/mol. The van der Waals surface area contributed by atoms with Gasteiger partial charge >= 0.3 is 0 Å². The Labute approximate surface area is 196 Å². The van der Waals surface area contributed by atoms with Crippen LogP contribution >= 0.6 is 15.9 Å². The minimum Gasteiger partial charge on any atom is -0.354 e. The van der Waals surface area contributed by atoms with E-state index in [1.54, 1.807) is 31.2 Å². The summed E-state index contributed by atoms with van der Waals surface area (Å²) in [5.41, 5.74) is 0.926. The third-order valence-corrected chi connectivity index (χ3v) is 6.58. The van der Waals surface area contributed by atoms with E-state index in [4.69, 9.17) is 0 Å². The topological polar surface area (TPSA) is 86.8 Å². The molecule has 0 aromatic heterocycles. The molecule has 1 atom stereocenters. The quantitative estimate of drug-likeness (QED) is 0.513. The second kappa shape index (κ2) is 11.4. The number of para-hydroxylation sites is 1. The van der Waals surface area contributed by atoms with E-state index in [0.29, 0.717) is 22.3 Å². The summed E-state index contributed by atoms with van der Waals surface area (Å²) in [6, 6.07) is 11.4. The van der Waals surface area contributed by atoms with Crippen molar-refractivity contribution in [1.82, 2.24) is 10.2 Å². The van der Waals surface area contributed by atoms with Crippen LogP contribution in [0.25, 0.3) is 0 Å². The maximum atomic E-state index is 13.3. The molecule has 0 saturated heterocycles. The summed E-state index contributed by atoms with van der Waals surface area (Å²) in [5, 5.41) is 2.75. The SMILES string of the molecule is CCCNC(=O)C(C)N(Cc1ccc(F)cc1)C(=O)CN(c1ccccc1Br)S(C)(=O)=O. The van der Waals surface area contributed by atoms with E-state index < -0.39 is 34.3 Å². The maximum Gasteiger partial charge on any atom is 0.244 e. The highest BCUT2D eigenvalue weighted by molar-refractivity contribution is 9.10. The van der Waals surface area contributed by atoms with Gasteiger partial charge in [0, 0.05) is 17.6 Å². The largest absolute Gasteiger partial charge is 0.354 e. The van der Waals surface area contributed by atoms with Crippen molar-refractivity contribution in [2.24, 2.45) is 0 Å². The predicted molar refractivity (Wildman–Crippen MR) is 126 cm³/mol. The van der Waals surface area contributed by atoms with Gasteiger partial charge in [0.05, 0.1) is 11.9 Å². The first kappa shape index (κ1) is 25.8. The lowest BCUT2D eigenvalue weighted by Gasteiger charge is -2.31. The second-order valence-corrected chi connectivity index (χ2v) is 10.1. The molecule has 2 aromatic carbocycles. The van der Waals surface area contributed by atoms with Crippen LogP contribution in [0.5, 0.6) is 0 Å². The van der Waals surface area contributed by atoms with E-state index in [1.807, 2.05) is 6.92 Å². The third-order valence-electron chi connectivity index (χ3n) is 4.78. The van der Waals surface area contributed by atoms with E-state index >= 15 is 0 Å². The normalized spacial score (nSPS) is 12.2. The summed E-state index contributed by atoms with van der Waals surface area (Å²) in [5.74, 6) is -1.33. The summed E-state index contributed by atoms with van der Waals surface area (Å²) in [6.45, 7) is 3.47. The van der Waals surface area contributed by atoms with Crippen molar-refractivity contribution < 1.29 is 22.4 Å². The summed E-state index contributed by atoms with van der Waals surface area (Å²) in [4.78, 5) is 27.2. The highest BCUT2D eigenvalue weighted by Crippen LogP contribution is 2.28. The Morgan fingerprint density at radius 1 is 1.12 bits per heavy atom. The van der Waals surface area contributed by atoms with Gasteiger partial charge in [0.15, 0.2) is 0 Å². The summed E-state index contributed by atoms with van der Waals surface area (Å²) >= 11 is 3.33. The number of benzene rings is 2. The molecule has 2 aromatic rings. The van der Waals surface area contributed by atoms with E-state index in [2.05, 4.69) is 21.2 Å². The fraction of sp³-hybridized carbons (Fsp3) is 0.364. The van der Waals surface area contributed by atoms with Crippen molar-refractivity contribution in [3.63, 3.8) is 0 Å². The predicted octanol–water partition coefficient (Wildman–Crippen LogP) is 3.30. The van der Waals surface area contributed by atoms with Crippen molar-refractivity contribution >= 4 is 43.5 Å². The first-order valence-corrected chi connectivity index (χ1v) is 12.7. The van der Waals surface area contributed by atoms with Gasteiger partial charge in [0.2, 0.25) is 21.8 Å². The summed E-state index contributed by atoms with van der Waals surface area (Å²) in [6.07, 6.45) is 1.75. The number of amides is 2. The molecule has 2 rings (SSSR count). The van der Waals surface area contributed by atoms with E-state index in [-0.39, 0.29) is 12.5 Å². The summed E-state index contributed by atoms with van der Waals surface area (Å²) < 4.78 is 39.8. The Morgan fingerprint density at radius 2 is 1.75 bits per heavy atom. The van der Waals surface area contributed by atoms with Crippen LogP contribution in [0.2, 0.25) is 0 Å². The molecule has 0 fully saturated rings. The molecular formula is C22H27BrFN3O4S. The lowest BCUT2D eigenvalue weighted by molar-refractivity contribution is -0.139. The third kappa shape index (κ3) is 7.03. The van der Waals surface area contributed by atoms with Crippen LogP contribution in [0.15, 0.2) is 53.0 Å². The Morgan fingerprint density at radius 3 is 2.31 bits per heavy atom. The van der Waals surface area contributed by atoms with Crippen molar-refractivity contribution in [2.75, 3.05) is 23.7 Å². The number of nitrogens with zero attached hydrogens (tertiary/aromatic N) is 2. The zero-order chi connectivity index (χ0) is 23.9. The highest BCUT2D eigenvalue weighted by atomic mass is 79.9. The van der Waals surface area contributed by atoms with Gasteiger partial charge in [-0.25, -0.2) is 12.8 Å². The van der Waals surface area contributed by atoms with Crippen molar-refractivity contribution in [2.45, 2.75) is 32.9 Å². The number of nitrogens with one attached hydrogen (secondary N) is 1. The van der Waals surface area contributed by atoms with Gasteiger partial charge in [-0.15, -0.1) is 0 Å². The zero-order valence-corrected chi connectivity index (χ0v) is 20.6. The minimum absolute atomic E-state index is 0.0212. The Kier molecular flexibility index (Phi) is 9.21. The van der Waals surface area contributed by atoms with Crippen LogP contribution in [-0.2, 0) is 26.2 Å². The average molecular weight is 528 g/mol. The number of sulfonamides is 1. The van der Waals surface area contributed by atoms with Crippen molar-refractivity contribution in [3.8, 4) is 0 Å². The van der Waals surface area contributed by atoms with Crippen molar-refractivity contribution in [1.29, 1.82) is 0 Å². The zero-order valence-electron chi connectivity index (χ0n) is 18.2. The molecule has 0 saturated carbocycles. The van der Waals surface area contributed by atoms with E-state index in [1.165, 1.54) is 29.2 Å². The van der Waals surface area contributed by atoms with Crippen LogP contribution < -0.4 is 9.62 Å². The lowest BCUT2D eigenvalue weighted by atomic mass is 10.1. The molecule has 0 aliphatic heterocycles. The molecule has 0 radical (unpaired) electrons. The highest BCUT2D eigenvalue weighted by Gasteiger charge is 2.30. The van der Waals surface area contributed by atoms with Gasteiger partial charge in [0.25, 0.3) is 0 Å². The standard InChI is InChI=1S/C22H27BrFN3O4S/c1-4-13-25-22(29)16(2)26(14-17-9-11-18(24)12-10-17)21(28)15-27(32(3,30)31)20-8-6-5-7-19(20)23/h5-12,16H,4,13-15H2,1-3H3,(H,25,29). The number of carbonyl (C=O) groups is 2. The second-order valence-electron chi connectivity index (χ2n) is 7.34. The summed E-state index contributed by atoms with van der Waals surface area (Å²) in [7, 11) is -3.80. The molecule has 0 aliphatic carbocycles. The number of halogens is 2. The smallest absolute Gasteiger partial charge is 0.244 e. The average Bonchev–Trinajstić information content (AvgIpc) is 2.74. The first-order valence-electron chi connectivity index (χ1n) is 10.1. The van der Waals surface area contributed by atoms with Crippen LogP contribution in [0, 0.1) is 5.82 Å². The molecule has 32 heavy (non-hydrogen) atoms. The van der Waals surface area contributed by atoms with Crippen molar-refractivity contribution in [3.05, 3.63) is 64.4 Å². The van der Waals surface area contributed by atoms with E-state index in [0.717, 1.165) is 17.0 Å². The molecule has 0 aliphatic rings. The van der Waals surface area contributed by atoms with Crippen LogP contribution in [0.3, 0.4) is 0 Å². The minimum atomic E-state index is -3.80. The van der Waals surface area contributed by atoms with Gasteiger partial charge in [-0.3, -0.25) is 13.9 Å². The fourth-order valence-electron chi connectivity index (χ4n) is 3.01. The van der Waals surface area contributed by atoms with E-state index in [9.17, 15) is 22.4 Å². The molecule has 2 amide bonds. The Hall–Kier alpha value is -2.46. The number of carbonyl (C=O) groups excluding carboxylic acids is 2. The molecule has 0 bridgehead atoms. The number of hydrogen-bond acceptors (Lipinski definition) is 4. The lowest BCUT2D eigenvalue weighted by Crippen LogP contribution is -2.51. The molecule has 1 N–H and O–H groups in total. The molecule has 174 valence electrons. The number of rotatable bonds is 10. The Bertz CT molecular complexity index is 1050. The molecule has 10 heteroatoms. The van der Waals surface area contributed by atoms with Crippen LogP contribution in [0.4, 0.5) is 10.1 Å². The number of hydrogen-bond donors (Lipinski definition) is 1. The van der Waals surface area contributed by atoms with Gasteiger partial charge in [0.1, 0.15) is 18.4 Å². The fourth-order valence-corrected chi connectivity index (χ4v) is 4.49. The maximum absolute atomic E-state index is 13.3. The monoisotopic (exact) mass is 527 g/mol. The van der Waals surface area contributed by atoms with Crippen LogP contribution in [0.1, 0.15) is 25.8 Å². The van der Waals surface area contributed by atoms with Gasteiger partial charge in [-0.2, -0.15) is 0 Å². The first-order chi connectivity index (χ1) is 15.0. The Balaban J connectivity index is 2.37. The van der Waals surface area contributed by atoms with Gasteiger partial charge < -0.3 is 10.2 Å². The molecule has 7 nitrogen and oxygen atoms in total. The number of anilines is 1. The molecule has 0 spiro atoms. The molecule has 0 heterocycles. The molecule has 1 unspecified atom stereocenters.